The van der Waals surface area contributed by atoms with Crippen molar-refractivity contribution in [2.24, 2.45) is 0 Å². The number of nitrogens with zero attached hydrogens (tertiary/aromatic N) is 3. The molecule has 5 heteroatoms. The summed E-state index contributed by atoms with van der Waals surface area (Å²) in [4.78, 5) is 17.2. The molecule has 1 heterocycles. The summed E-state index contributed by atoms with van der Waals surface area (Å²) < 4.78 is 1.85. The molecule has 102 valence electrons. The van der Waals surface area contributed by atoms with Gasteiger partial charge in [0.05, 0.1) is 17.0 Å². The van der Waals surface area contributed by atoms with Crippen molar-refractivity contribution < 1.29 is 0 Å². The summed E-state index contributed by atoms with van der Waals surface area (Å²) >= 11 is 1.59. The number of aromatic nitrogens is 2. The summed E-state index contributed by atoms with van der Waals surface area (Å²) in [5.41, 5.74) is 0.832. The SMILES string of the molecule is N#CCCCSc1nc2ccccc2c(=O)n1C1CC1. The fraction of sp³-hybridized carbons (Fsp3) is 0.400. The van der Waals surface area contributed by atoms with Gasteiger partial charge in [0.15, 0.2) is 5.16 Å². The zero-order valence-electron chi connectivity index (χ0n) is 11.1. The van der Waals surface area contributed by atoms with Crippen molar-refractivity contribution in [1.82, 2.24) is 9.55 Å². The molecule has 0 spiro atoms. The van der Waals surface area contributed by atoms with Crippen molar-refractivity contribution in [1.29, 1.82) is 5.26 Å². The largest absolute Gasteiger partial charge is 0.284 e. The van der Waals surface area contributed by atoms with E-state index in [1.165, 1.54) is 0 Å². The van der Waals surface area contributed by atoms with Gasteiger partial charge in [0.25, 0.3) is 5.56 Å². The summed E-state index contributed by atoms with van der Waals surface area (Å²) in [6, 6.07) is 9.96. The minimum absolute atomic E-state index is 0.0703. The van der Waals surface area contributed by atoms with E-state index in [1.54, 1.807) is 11.8 Å². The van der Waals surface area contributed by atoms with E-state index in [-0.39, 0.29) is 5.56 Å². The first-order valence-corrected chi connectivity index (χ1v) is 7.81. The van der Waals surface area contributed by atoms with Crippen LogP contribution in [0.4, 0.5) is 0 Å². The van der Waals surface area contributed by atoms with E-state index in [1.807, 2.05) is 28.8 Å². The highest BCUT2D eigenvalue weighted by Crippen LogP contribution is 2.36. The molecular formula is C15H15N3OS. The Morgan fingerprint density at radius 1 is 1.40 bits per heavy atom. The van der Waals surface area contributed by atoms with Crippen molar-refractivity contribution in [2.75, 3.05) is 5.75 Å². The number of unbranched alkanes of at least 4 members (excludes halogenated alkanes) is 1. The third-order valence-corrected chi connectivity index (χ3v) is 4.39. The summed E-state index contributed by atoms with van der Waals surface area (Å²) in [6.45, 7) is 0. The Kier molecular flexibility index (Phi) is 3.75. The standard InChI is InChI=1S/C15H15N3OS/c16-9-3-4-10-20-15-17-13-6-2-1-5-12(13)14(19)18(15)11-7-8-11/h1-2,5-6,11H,3-4,7-8,10H2. The molecule has 0 bridgehead atoms. The van der Waals surface area contributed by atoms with E-state index in [0.717, 1.165) is 35.7 Å². The second-order valence-electron chi connectivity index (χ2n) is 4.93. The number of hydrogen-bond acceptors (Lipinski definition) is 4. The Bertz CT molecular complexity index is 728. The number of thioether (sulfide) groups is 1. The van der Waals surface area contributed by atoms with Crippen LogP contribution in [0.15, 0.2) is 34.2 Å². The van der Waals surface area contributed by atoms with Gasteiger partial charge in [0, 0.05) is 18.2 Å². The van der Waals surface area contributed by atoms with Gasteiger partial charge >= 0.3 is 0 Å². The third-order valence-electron chi connectivity index (χ3n) is 3.35. The lowest BCUT2D eigenvalue weighted by Gasteiger charge is -2.11. The molecular weight excluding hydrogens is 270 g/mol. The van der Waals surface area contributed by atoms with Crippen molar-refractivity contribution in [3.8, 4) is 6.07 Å². The maximum atomic E-state index is 12.6. The minimum atomic E-state index is 0.0703. The highest BCUT2D eigenvalue weighted by molar-refractivity contribution is 7.99. The van der Waals surface area contributed by atoms with Crippen molar-refractivity contribution >= 4 is 22.7 Å². The van der Waals surface area contributed by atoms with Gasteiger partial charge in [-0.2, -0.15) is 5.26 Å². The van der Waals surface area contributed by atoms with Crippen LogP contribution in [0.25, 0.3) is 10.9 Å². The third kappa shape index (κ3) is 2.56. The van der Waals surface area contributed by atoms with E-state index in [2.05, 4.69) is 11.1 Å². The maximum absolute atomic E-state index is 12.6. The Morgan fingerprint density at radius 3 is 2.95 bits per heavy atom. The smallest absolute Gasteiger partial charge is 0.262 e. The van der Waals surface area contributed by atoms with Gasteiger partial charge < -0.3 is 0 Å². The molecule has 0 N–H and O–H groups in total. The molecule has 0 unspecified atom stereocenters. The van der Waals surface area contributed by atoms with Crippen molar-refractivity contribution in [3.63, 3.8) is 0 Å². The number of para-hydroxylation sites is 1. The lowest BCUT2D eigenvalue weighted by Crippen LogP contribution is -2.22. The average Bonchev–Trinajstić information content (AvgIpc) is 3.28. The molecule has 1 aromatic heterocycles. The highest BCUT2D eigenvalue weighted by atomic mass is 32.2. The van der Waals surface area contributed by atoms with Gasteiger partial charge in [-0.15, -0.1) is 0 Å². The lowest BCUT2D eigenvalue weighted by molar-refractivity contribution is 0.617. The van der Waals surface area contributed by atoms with Crippen LogP contribution in [0.1, 0.15) is 31.7 Å². The zero-order valence-corrected chi connectivity index (χ0v) is 11.9. The molecule has 1 fully saturated rings. The van der Waals surface area contributed by atoms with Crippen LogP contribution in [0, 0.1) is 11.3 Å². The monoisotopic (exact) mass is 285 g/mol. The molecule has 0 amide bonds. The Balaban J connectivity index is 1.99. The summed E-state index contributed by atoms with van der Waals surface area (Å²) in [5, 5.41) is 10.1. The number of rotatable bonds is 5. The topological polar surface area (TPSA) is 58.7 Å². The predicted octanol–water partition coefficient (Wildman–Crippen LogP) is 3.13. The van der Waals surface area contributed by atoms with Gasteiger partial charge in [-0.25, -0.2) is 4.98 Å². The normalized spacial score (nSPS) is 14.3. The summed E-state index contributed by atoms with van der Waals surface area (Å²) in [6.07, 6.45) is 3.50. The van der Waals surface area contributed by atoms with E-state index in [9.17, 15) is 4.79 Å². The van der Waals surface area contributed by atoms with Gasteiger partial charge in [-0.1, -0.05) is 23.9 Å². The van der Waals surface area contributed by atoms with Gasteiger partial charge in [-0.05, 0) is 31.4 Å². The van der Waals surface area contributed by atoms with Crippen LogP contribution in [-0.4, -0.2) is 15.3 Å². The molecule has 1 aliphatic rings. The summed E-state index contributed by atoms with van der Waals surface area (Å²) in [5.74, 6) is 0.824. The second kappa shape index (κ2) is 5.68. The Hall–Kier alpha value is -1.80. The lowest BCUT2D eigenvalue weighted by atomic mass is 10.2. The van der Waals surface area contributed by atoms with Gasteiger partial charge in [-0.3, -0.25) is 9.36 Å². The molecule has 1 saturated carbocycles. The minimum Gasteiger partial charge on any atom is -0.284 e. The molecule has 20 heavy (non-hydrogen) atoms. The Morgan fingerprint density at radius 2 is 2.20 bits per heavy atom. The van der Waals surface area contributed by atoms with Crippen LogP contribution in [-0.2, 0) is 0 Å². The fourth-order valence-corrected chi connectivity index (χ4v) is 3.20. The summed E-state index contributed by atoms with van der Waals surface area (Å²) in [7, 11) is 0. The Labute approximate surface area is 121 Å². The predicted molar refractivity (Wildman–Crippen MR) is 79.8 cm³/mol. The molecule has 0 radical (unpaired) electrons. The van der Waals surface area contributed by atoms with E-state index < -0.39 is 0 Å². The number of benzene rings is 1. The highest BCUT2D eigenvalue weighted by Gasteiger charge is 2.28. The molecule has 1 aliphatic carbocycles. The second-order valence-corrected chi connectivity index (χ2v) is 5.99. The average molecular weight is 285 g/mol. The molecule has 3 rings (SSSR count). The number of nitriles is 1. The van der Waals surface area contributed by atoms with Crippen LogP contribution >= 0.6 is 11.8 Å². The van der Waals surface area contributed by atoms with Crippen LogP contribution < -0.4 is 5.56 Å². The quantitative estimate of drug-likeness (QED) is 0.481. The molecule has 2 aromatic rings. The first-order chi connectivity index (χ1) is 9.81. The van der Waals surface area contributed by atoms with Gasteiger partial charge in [0.2, 0.25) is 0 Å². The molecule has 0 atom stereocenters. The first kappa shape index (κ1) is 13.2. The molecule has 0 saturated heterocycles. The van der Waals surface area contributed by atoms with Crippen LogP contribution in [0.3, 0.4) is 0 Å². The fourth-order valence-electron chi connectivity index (χ4n) is 2.20. The zero-order chi connectivity index (χ0) is 13.9. The van der Waals surface area contributed by atoms with E-state index in [0.29, 0.717) is 17.8 Å². The van der Waals surface area contributed by atoms with Gasteiger partial charge in [0.1, 0.15) is 0 Å². The molecule has 1 aromatic carbocycles. The van der Waals surface area contributed by atoms with E-state index >= 15 is 0 Å². The van der Waals surface area contributed by atoms with Crippen LogP contribution in [0.2, 0.25) is 0 Å². The van der Waals surface area contributed by atoms with Crippen molar-refractivity contribution in [2.45, 2.75) is 36.9 Å². The maximum Gasteiger partial charge on any atom is 0.262 e. The molecule has 0 aliphatic heterocycles. The van der Waals surface area contributed by atoms with Crippen LogP contribution in [0.5, 0.6) is 0 Å². The first-order valence-electron chi connectivity index (χ1n) is 6.82. The molecule has 4 nitrogen and oxygen atoms in total. The van der Waals surface area contributed by atoms with E-state index in [4.69, 9.17) is 5.26 Å². The number of hydrogen-bond donors (Lipinski definition) is 0. The number of fused-ring (bicyclic) bond motifs is 1. The van der Waals surface area contributed by atoms with Crippen molar-refractivity contribution in [3.05, 3.63) is 34.6 Å².